The van der Waals surface area contributed by atoms with Gasteiger partial charge in [0.15, 0.2) is 11.3 Å². The van der Waals surface area contributed by atoms with Gasteiger partial charge in [0.2, 0.25) is 5.55 Å². The van der Waals surface area contributed by atoms with Crippen molar-refractivity contribution >= 4 is 44.8 Å². The van der Waals surface area contributed by atoms with Crippen LogP contribution < -0.4 is 21.3 Å². The van der Waals surface area contributed by atoms with Gasteiger partial charge in [-0.3, -0.25) is 9.59 Å². The summed E-state index contributed by atoms with van der Waals surface area (Å²) in [5, 5.41) is 3.57. The predicted molar refractivity (Wildman–Crippen MR) is 132 cm³/mol. The number of methoxy groups -OCH3 is 1. The fourth-order valence-corrected chi connectivity index (χ4v) is 5.52. The number of nitrogens with one attached hydrogen (secondary N) is 1. The SMILES string of the molecule is COc1cccc2cc(C(=O)Nc3ccccc3F)/c(=N\c3sc4c(c3C(N)=O)CCCC4)oc12. The van der Waals surface area contributed by atoms with Crippen molar-refractivity contribution in [2.75, 3.05) is 12.4 Å². The second-order valence-corrected chi connectivity index (χ2v) is 9.23. The molecule has 0 bridgehead atoms. The lowest BCUT2D eigenvalue weighted by Gasteiger charge is -2.11. The van der Waals surface area contributed by atoms with E-state index in [0.29, 0.717) is 27.3 Å². The van der Waals surface area contributed by atoms with E-state index in [1.165, 1.54) is 36.6 Å². The van der Waals surface area contributed by atoms with E-state index >= 15 is 0 Å². The van der Waals surface area contributed by atoms with Gasteiger partial charge in [-0.05, 0) is 55.5 Å². The summed E-state index contributed by atoms with van der Waals surface area (Å²) >= 11 is 1.38. The molecule has 1 aliphatic rings. The highest BCUT2D eigenvalue weighted by Crippen LogP contribution is 2.39. The molecule has 178 valence electrons. The molecule has 9 heteroatoms. The number of carbonyl (C=O) groups is 2. The van der Waals surface area contributed by atoms with Gasteiger partial charge in [0, 0.05) is 10.3 Å². The third-order valence-corrected chi connectivity index (χ3v) is 7.11. The minimum Gasteiger partial charge on any atom is -0.493 e. The summed E-state index contributed by atoms with van der Waals surface area (Å²) in [6.45, 7) is 0. The lowest BCUT2D eigenvalue weighted by molar-refractivity contribution is 0.0997. The van der Waals surface area contributed by atoms with Gasteiger partial charge in [0.05, 0.1) is 18.4 Å². The van der Waals surface area contributed by atoms with Gasteiger partial charge >= 0.3 is 0 Å². The minimum atomic E-state index is -0.607. The Morgan fingerprint density at radius 3 is 2.71 bits per heavy atom. The van der Waals surface area contributed by atoms with Crippen molar-refractivity contribution in [2.45, 2.75) is 25.7 Å². The zero-order chi connectivity index (χ0) is 24.5. The number of nitrogens with two attached hydrogens (primary N) is 1. The molecular weight excluding hydrogens is 469 g/mol. The van der Waals surface area contributed by atoms with Crippen LogP contribution in [0.3, 0.4) is 0 Å². The number of amides is 2. The number of aryl methyl sites for hydroxylation is 1. The molecule has 1 aliphatic carbocycles. The first-order valence-corrected chi connectivity index (χ1v) is 11.9. The van der Waals surface area contributed by atoms with Gasteiger partial charge in [-0.25, -0.2) is 9.38 Å². The molecule has 0 aliphatic heterocycles. The summed E-state index contributed by atoms with van der Waals surface area (Å²) in [4.78, 5) is 31.3. The smallest absolute Gasteiger partial charge is 0.261 e. The van der Waals surface area contributed by atoms with E-state index in [1.807, 2.05) is 0 Å². The summed E-state index contributed by atoms with van der Waals surface area (Å²) < 4.78 is 25.7. The Morgan fingerprint density at radius 2 is 1.94 bits per heavy atom. The van der Waals surface area contributed by atoms with Gasteiger partial charge in [0.25, 0.3) is 11.8 Å². The maximum absolute atomic E-state index is 14.2. The summed E-state index contributed by atoms with van der Waals surface area (Å²) in [7, 11) is 1.51. The number of primary amides is 1. The van der Waals surface area contributed by atoms with E-state index in [2.05, 4.69) is 10.3 Å². The van der Waals surface area contributed by atoms with Crippen LogP contribution in [0.5, 0.6) is 5.75 Å². The van der Waals surface area contributed by atoms with Crippen LogP contribution in [0.4, 0.5) is 15.1 Å². The van der Waals surface area contributed by atoms with Crippen molar-refractivity contribution in [2.24, 2.45) is 10.7 Å². The molecule has 2 heterocycles. The lowest BCUT2D eigenvalue weighted by Crippen LogP contribution is -2.22. The number of ether oxygens (including phenoxy) is 1. The third-order valence-electron chi connectivity index (χ3n) is 5.93. The van der Waals surface area contributed by atoms with Crippen molar-refractivity contribution in [1.82, 2.24) is 0 Å². The number of benzene rings is 2. The molecule has 3 N–H and O–H groups in total. The maximum Gasteiger partial charge on any atom is 0.261 e. The number of hydrogen-bond acceptors (Lipinski definition) is 6. The van der Waals surface area contributed by atoms with E-state index in [1.54, 1.807) is 30.3 Å². The van der Waals surface area contributed by atoms with Crippen molar-refractivity contribution in [3.05, 3.63) is 81.5 Å². The molecule has 2 amide bonds. The average molecular weight is 492 g/mol. The van der Waals surface area contributed by atoms with E-state index in [4.69, 9.17) is 14.9 Å². The summed E-state index contributed by atoms with van der Waals surface area (Å²) in [6.07, 6.45) is 3.60. The third kappa shape index (κ3) is 4.30. The van der Waals surface area contributed by atoms with Gasteiger partial charge in [-0.15, -0.1) is 11.3 Å². The maximum atomic E-state index is 14.2. The van der Waals surface area contributed by atoms with Crippen LogP contribution in [-0.4, -0.2) is 18.9 Å². The number of hydrogen-bond donors (Lipinski definition) is 2. The number of anilines is 1. The first-order chi connectivity index (χ1) is 17.0. The van der Waals surface area contributed by atoms with Crippen molar-refractivity contribution in [1.29, 1.82) is 0 Å². The number of halogens is 1. The van der Waals surface area contributed by atoms with E-state index < -0.39 is 17.6 Å². The van der Waals surface area contributed by atoms with Crippen LogP contribution in [0.25, 0.3) is 11.0 Å². The number of fused-ring (bicyclic) bond motifs is 2. The molecule has 7 nitrogen and oxygen atoms in total. The monoisotopic (exact) mass is 491 g/mol. The topological polar surface area (TPSA) is 107 Å². The quantitative estimate of drug-likeness (QED) is 0.405. The molecule has 35 heavy (non-hydrogen) atoms. The average Bonchev–Trinajstić information content (AvgIpc) is 3.22. The van der Waals surface area contributed by atoms with Crippen LogP contribution in [0, 0.1) is 5.82 Å². The summed E-state index contributed by atoms with van der Waals surface area (Å²) in [5.74, 6) is -1.29. The second kappa shape index (κ2) is 9.34. The molecule has 0 saturated heterocycles. The van der Waals surface area contributed by atoms with E-state index in [0.717, 1.165) is 36.1 Å². The molecule has 2 aromatic heterocycles. The Hall–Kier alpha value is -3.98. The van der Waals surface area contributed by atoms with Crippen molar-refractivity contribution < 1.29 is 23.1 Å². The summed E-state index contributed by atoms with van der Waals surface area (Å²) in [6, 6.07) is 12.7. The molecule has 0 atom stereocenters. The van der Waals surface area contributed by atoms with Gasteiger partial charge in [0.1, 0.15) is 16.4 Å². The first kappa shape index (κ1) is 22.8. The van der Waals surface area contributed by atoms with Crippen molar-refractivity contribution in [3.8, 4) is 5.75 Å². The Labute approximate surface area is 204 Å². The molecule has 0 unspecified atom stereocenters. The van der Waals surface area contributed by atoms with Gasteiger partial charge in [-0.2, -0.15) is 0 Å². The Kier molecular flexibility index (Phi) is 6.08. The van der Waals surface area contributed by atoms with Crippen molar-refractivity contribution in [3.63, 3.8) is 0 Å². The molecule has 0 radical (unpaired) electrons. The fourth-order valence-electron chi connectivity index (χ4n) is 4.26. The molecule has 0 fully saturated rings. The number of carbonyl (C=O) groups excluding carboxylic acids is 2. The number of para-hydroxylation sites is 2. The minimum absolute atomic E-state index is 0.0265. The van der Waals surface area contributed by atoms with Crippen LogP contribution in [0.2, 0.25) is 0 Å². The zero-order valence-electron chi connectivity index (χ0n) is 18.9. The molecular formula is C26H22FN3O4S. The highest BCUT2D eigenvalue weighted by atomic mass is 32.1. The molecule has 5 rings (SSSR count). The molecule has 0 spiro atoms. The Balaban J connectivity index is 1.73. The number of rotatable bonds is 5. The summed E-state index contributed by atoms with van der Waals surface area (Å²) in [5.41, 5.74) is 7.47. The largest absolute Gasteiger partial charge is 0.493 e. The molecule has 0 saturated carbocycles. The number of thiophene rings is 1. The molecule has 2 aromatic carbocycles. The Bertz CT molecular complexity index is 1540. The van der Waals surface area contributed by atoms with Gasteiger partial charge in [-0.1, -0.05) is 24.3 Å². The fraction of sp³-hybridized carbons (Fsp3) is 0.192. The second-order valence-electron chi connectivity index (χ2n) is 8.14. The normalized spacial score (nSPS) is 13.5. The van der Waals surface area contributed by atoms with Gasteiger partial charge < -0.3 is 20.2 Å². The van der Waals surface area contributed by atoms with E-state index in [-0.39, 0.29) is 16.8 Å². The Morgan fingerprint density at radius 1 is 1.14 bits per heavy atom. The predicted octanol–water partition coefficient (Wildman–Crippen LogP) is 5.10. The molecule has 4 aromatic rings. The highest BCUT2D eigenvalue weighted by Gasteiger charge is 2.25. The highest BCUT2D eigenvalue weighted by molar-refractivity contribution is 7.16. The standard InChI is InChI=1S/C26H22FN3O4S/c1-33-19-11-6-7-14-13-16(24(32)29-18-10-4-3-9-17(18)27)25(34-22(14)19)30-26-21(23(28)31)15-8-2-5-12-20(15)35-26/h3-4,6-7,9-11,13H,2,5,8,12H2,1H3,(H2,28,31)(H,29,32)/b30-25+. The van der Waals surface area contributed by atoms with Crippen LogP contribution in [0.1, 0.15) is 44.0 Å². The van der Waals surface area contributed by atoms with E-state index in [9.17, 15) is 14.0 Å². The van der Waals surface area contributed by atoms with Crippen LogP contribution in [-0.2, 0) is 12.8 Å². The lowest BCUT2D eigenvalue weighted by atomic mass is 9.95. The first-order valence-electron chi connectivity index (χ1n) is 11.1. The number of nitrogens with zero attached hydrogens (tertiary/aromatic N) is 1. The van der Waals surface area contributed by atoms with Crippen LogP contribution in [0.15, 0.2) is 57.9 Å². The zero-order valence-corrected chi connectivity index (χ0v) is 19.7. The van der Waals surface area contributed by atoms with Crippen LogP contribution >= 0.6 is 11.3 Å².